The molecule has 0 amide bonds. The predicted octanol–water partition coefficient (Wildman–Crippen LogP) is 4.63. The molecule has 110 valence electrons. The summed E-state index contributed by atoms with van der Waals surface area (Å²) in [6, 6.07) is 2.53. The maximum Gasteiger partial charge on any atom is 0.150 e. The van der Waals surface area contributed by atoms with Crippen LogP contribution in [0.1, 0.15) is 38.5 Å². The van der Waals surface area contributed by atoms with Crippen LogP contribution in [0, 0.1) is 11.6 Å². The van der Waals surface area contributed by atoms with E-state index < -0.39 is 11.6 Å². The number of benzene rings is 1. The Balaban J connectivity index is 1.61. The Hall–Kier alpha value is -0.680. The minimum atomic E-state index is -0.578. The van der Waals surface area contributed by atoms with Gasteiger partial charge < -0.3 is 10.1 Å². The topological polar surface area (TPSA) is 21.3 Å². The van der Waals surface area contributed by atoms with Crippen molar-refractivity contribution in [3.63, 3.8) is 0 Å². The van der Waals surface area contributed by atoms with E-state index in [4.69, 9.17) is 4.74 Å². The van der Waals surface area contributed by atoms with Crippen LogP contribution in [0.4, 0.5) is 14.5 Å². The number of halogens is 3. The van der Waals surface area contributed by atoms with Crippen LogP contribution in [0.15, 0.2) is 16.6 Å². The van der Waals surface area contributed by atoms with Crippen molar-refractivity contribution in [2.24, 2.45) is 0 Å². The lowest BCUT2D eigenvalue weighted by Crippen LogP contribution is -2.28. The molecule has 2 aliphatic rings. The maximum atomic E-state index is 13.7. The molecule has 1 N–H and O–H groups in total. The molecule has 20 heavy (non-hydrogen) atoms. The van der Waals surface area contributed by atoms with E-state index in [1.807, 2.05) is 0 Å². The first-order valence-electron chi connectivity index (χ1n) is 7.14. The third-order valence-corrected chi connectivity index (χ3v) is 4.82. The molecule has 1 saturated carbocycles. The van der Waals surface area contributed by atoms with Crippen molar-refractivity contribution < 1.29 is 13.5 Å². The van der Waals surface area contributed by atoms with Crippen LogP contribution in [0.3, 0.4) is 0 Å². The molecular weight excluding hydrogens is 328 g/mol. The Bertz CT molecular complexity index is 480. The molecule has 1 aromatic rings. The van der Waals surface area contributed by atoms with E-state index >= 15 is 0 Å². The van der Waals surface area contributed by atoms with Crippen LogP contribution >= 0.6 is 15.9 Å². The minimum Gasteiger partial charge on any atom is -0.378 e. The van der Waals surface area contributed by atoms with E-state index in [9.17, 15) is 8.78 Å². The van der Waals surface area contributed by atoms with Gasteiger partial charge in [-0.05, 0) is 37.8 Å². The largest absolute Gasteiger partial charge is 0.378 e. The van der Waals surface area contributed by atoms with Crippen molar-refractivity contribution in [3.8, 4) is 0 Å². The average Bonchev–Trinajstić information content (AvgIpc) is 2.99. The molecule has 1 aliphatic heterocycles. The van der Waals surface area contributed by atoms with Gasteiger partial charge in [0.05, 0.1) is 11.7 Å². The van der Waals surface area contributed by atoms with E-state index in [0.717, 1.165) is 25.7 Å². The molecule has 1 atom stereocenters. The van der Waals surface area contributed by atoms with Gasteiger partial charge in [-0.1, -0.05) is 28.8 Å². The van der Waals surface area contributed by atoms with Crippen LogP contribution < -0.4 is 5.32 Å². The van der Waals surface area contributed by atoms with Crippen LogP contribution in [-0.4, -0.2) is 18.2 Å². The molecule has 1 spiro atoms. The summed E-state index contributed by atoms with van der Waals surface area (Å²) in [7, 11) is 0. The molecule has 1 heterocycles. The van der Waals surface area contributed by atoms with Crippen molar-refractivity contribution in [1.82, 2.24) is 0 Å². The van der Waals surface area contributed by atoms with Gasteiger partial charge in [0, 0.05) is 11.0 Å². The van der Waals surface area contributed by atoms with E-state index in [2.05, 4.69) is 21.2 Å². The summed E-state index contributed by atoms with van der Waals surface area (Å²) in [4.78, 5) is 0. The van der Waals surface area contributed by atoms with Crippen molar-refractivity contribution in [3.05, 3.63) is 28.2 Å². The monoisotopic (exact) mass is 345 g/mol. The summed E-state index contributed by atoms with van der Waals surface area (Å²) in [5.41, 5.74) is -0.00690. The molecule has 0 aromatic heterocycles. The van der Waals surface area contributed by atoms with Crippen LogP contribution in [0.5, 0.6) is 0 Å². The molecule has 1 aromatic carbocycles. The molecule has 1 aliphatic carbocycles. The second-order valence-electron chi connectivity index (χ2n) is 5.79. The van der Waals surface area contributed by atoms with Crippen LogP contribution in [0.25, 0.3) is 0 Å². The second-order valence-corrected chi connectivity index (χ2v) is 6.71. The fourth-order valence-electron chi connectivity index (χ4n) is 3.35. The van der Waals surface area contributed by atoms with Gasteiger partial charge >= 0.3 is 0 Å². The van der Waals surface area contributed by atoms with Gasteiger partial charge in [0.25, 0.3) is 0 Å². The highest BCUT2D eigenvalue weighted by Crippen LogP contribution is 2.43. The fourth-order valence-corrected chi connectivity index (χ4v) is 3.76. The highest BCUT2D eigenvalue weighted by Gasteiger charge is 2.41. The van der Waals surface area contributed by atoms with Crippen molar-refractivity contribution >= 4 is 21.6 Å². The standard InChI is InChI=1S/C15H18BrF2NO/c16-10-7-12(17)14(13(18)8-10)19-9-11-3-6-15(20-11)4-1-2-5-15/h7-8,11,19H,1-6,9H2. The third kappa shape index (κ3) is 2.84. The average molecular weight is 346 g/mol. The van der Waals surface area contributed by atoms with Crippen LogP contribution in [-0.2, 0) is 4.74 Å². The Kier molecular flexibility index (Phi) is 4.00. The zero-order valence-corrected chi connectivity index (χ0v) is 12.8. The minimum absolute atomic E-state index is 0.0514. The van der Waals surface area contributed by atoms with Crippen molar-refractivity contribution in [1.29, 1.82) is 0 Å². The lowest BCUT2D eigenvalue weighted by molar-refractivity contribution is -0.0307. The SMILES string of the molecule is Fc1cc(Br)cc(F)c1NCC1CCC2(CCCC2)O1. The molecule has 3 rings (SSSR count). The van der Waals surface area contributed by atoms with Gasteiger partial charge in [0.15, 0.2) is 0 Å². The van der Waals surface area contributed by atoms with E-state index in [1.165, 1.54) is 25.0 Å². The summed E-state index contributed by atoms with van der Waals surface area (Å²) in [5.74, 6) is -1.16. The van der Waals surface area contributed by atoms with Crippen molar-refractivity contribution in [2.45, 2.75) is 50.2 Å². The van der Waals surface area contributed by atoms with E-state index in [-0.39, 0.29) is 17.4 Å². The summed E-state index contributed by atoms with van der Waals surface area (Å²) in [6.45, 7) is 0.456. The van der Waals surface area contributed by atoms with E-state index in [0.29, 0.717) is 11.0 Å². The Morgan fingerprint density at radius 1 is 1.20 bits per heavy atom. The highest BCUT2D eigenvalue weighted by atomic mass is 79.9. The quantitative estimate of drug-likeness (QED) is 0.862. The molecule has 0 bridgehead atoms. The smallest absolute Gasteiger partial charge is 0.150 e. The molecule has 2 fully saturated rings. The molecule has 0 radical (unpaired) electrons. The first-order chi connectivity index (χ1) is 9.58. The van der Waals surface area contributed by atoms with Crippen molar-refractivity contribution in [2.75, 3.05) is 11.9 Å². The first kappa shape index (κ1) is 14.3. The van der Waals surface area contributed by atoms with Crippen LogP contribution in [0.2, 0.25) is 0 Å². The molecular formula is C15H18BrF2NO. The third-order valence-electron chi connectivity index (χ3n) is 4.37. The summed E-state index contributed by atoms with van der Waals surface area (Å²) < 4.78 is 33.9. The zero-order chi connectivity index (χ0) is 14.2. The number of rotatable bonds is 3. The highest BCUT2D eigenvalue weighted by molar-refractivity contribution is 9.10. The lowest BCUT2D eigenvalue weighted by Gasteiger charge is -2.24. The Morgan fingerprint density at radius 2 is 1.85 bits per heavy atom. The van der Waals surface area contributed by atoms with Gasteiger partial charge in [-0.15, -0.1) is 0 Å². The Labute approximate surface area is 126 Å². The predicted molar refractivity (Wildman–Crippen MR) is 77.9 cm³/mol. The molecule has 2 nitrogen and oxygen atoms in total. The van der Waals surface area contributed by atoms with E-state index in [1.54, 1.807) is 0 Å². The summed E-state index contributed by atoms with van der Waals surface area (Å²) >= 11 is 3.07. The molecule has 1 saturated heterocycles. The number of hydrogen-bond donors (Lipinski definition) is 1. The normalized spacial score (nSPS) is 24.4. The van der Waals surface area contributed by atoms with Gasteiger partial charge in [-0.2, -0.15) is 0 Å². The number of ether oxygens (including phenoxy) is 1. The summed E-state index contributed by atoms with van der Waals surface area (Å²) in [6.07, 6.45) is 6.81. The van der Waals surface area contributed by atoms with Gasteiger partial charge in [-0.25, -0.2) is 8.78 Å². The van der Waals surface area contributed by atoms with Gasteiger partial charge in [-0.3, -0.25) is 0 Å². The first-order valence-corrected chi connectivity index (χ1v) is 7.94. The van der Waals surface area contributed by atoms with Gasteiger partial charge in [0.2, 0.25) is 0 Å². The number of anilines is 1. The molecule has 1 unspecified atom stereocenters. The maximum absolute atomic E-state index is 13.7. The fraction of sp³-hybridized carbons (Fsp3) is 0.600. The number of hydrogen-bond acceptors (Lipinski definition) is 2. The summed E-state index contributed by atoms with van der Waals surface area (Å²) in [5, 5.41) is 2.86. The lowest BCUT2D eigenvalue weighted by atomic mass is 9.98. The number of nitrogens with one attached hydrogen (secondary N) is 1. The zero-order valence-electron chi connectivity index (χ0n) is 11.2. The van der Waals surface area contributed by atoms with Gasteiger partial charge in [0.1, 0.15) is 17.3 Å². The second kappa shape index (κ2) is 5.60. The Morgan fingerprint density at radius 3 is 2.50 bits per heavy atom. The molecule has 5 heteroatoms.